The van der Waals surface area contributed by atoms with Gasteiger partial charge in [0.1, 0.15) is 6.04 Å². The van der Waals surface area contributed by atoms with Gasteiger partial charge in [-0.2, -0.15) is 0 Å². The van der Waals surface area contributed by atoms with Gasteiger partial charge in [0, 0.05) is 89.3 Å². The molecule has 2 aromatic carbocycles. The SMILES string of the molecule is CNc1cc(N2CCc3c(CC4CCC(N5CCC(N6CCN(c7ccc8c(c7)n(C)c(=O)n8C7CCC(=O)NC7=O)CC6)C(F)(F)C5)CC4)cccc32)nn2c(C(=O)NC3CC3)cnc12. The number of hydrogen-bond donors (Lipinski definition) is 3. The molecule has 3 saturated heterocycles. The summed E-state index contributed by atoms with van der Waals surface area (Å²) in [5.41, 5.74) is 7.56. The van der Waals surface area contributed by atoms with E-state index in [2.05, 4.69) is 53.8 Å². The minimum Gasteiger partial charge on any atom is -0.385 e. The van der Waals surface area contributed by atoms with Gasteiger partial charge in [0.15, 0.2) is 17.2 Å². The van der Waals surface area contributed by atoms with Crippen LogP contribution in [-0.4, -0.2) is 128 Å². The van der Waals surface area contributed by atoms with Crippen LogP contribution < -0.4 is 31.4 Å². The number of piperidine rings is 2. The van der Waals surface area contributed by atoms with E-state index in [1.807, 2.05) is 36.2 Å². The van der Waals surface area contributed by atoms with Gasteiger partial charge in [-0.05, 0) is 106 Å². The number of aromatic nitrogens is 5. The average molecular weight is 905 g/mol. The first-order valence-electron chi connectivity index (χ1n) is 23.9. The summed E-state index contributed by atoms with van der Waals surface area (Å²) in [6.45, 7) is 3.48. The maximum Gasteiger partial charge on any atom is 0.329 e. The topological polar surface area (TPSA) is 157 Å². The summed E-state index contributed by atoms with van der Waals surface area (Å²) in [5, 5.41) is 13.6. The molecule has 16 nitrogen and oxygen atoms in total. The van der Waals surface area contributed by atoms with Crippen LogP contribution >= 0.6 is 0 Å². The fourth-order valence-electron chi connectivity index (χ4n) is 11.7. The van der Waals surface area contributed by atoms with E-state index in [9.17, 15) is 19.2 Å². The van der Waals surface area contributed by atoms with Crippen molar-refractivity contribution in [1.82, 2.24) is 44.2 Å². The number of likely N-dealkylation sites (tertiary alicyclic amines) is 1. The number of benzene rings is 2. The zero-order valence-electron chi connectivity index (χ0n) is 37.6. The van der Waals surface area contributed by atoms with Crippen molar-refractivity contribution in [2.24, 2.45) is 13.0 Å². The second-order valence-corrected chi connectivity index (χ2v) is 19.4. The Balaban J connectivity index is 0.691. The number of imide groups is 1. The number of anilines is 4. The van der Waals surface area contributed by atoms with E-state index in [0.717, 1.165) is 80.8 Å². The number of piperazine rings is 1. The van der Waals surface area contributed by atoms with Crippen molar-refractivity contribution in [3.8, 4) is 0 Å². The van der Waals surface area contributed by atoms with Crippen molar-refractivity contribution in [3.05, 3.63) is 76.0 Å². The van der Waals surface area contributed by atoms with Crippen molar-refractivity contribution in [2.45, 2.75) is 101 Å². The largest absolute Gasteiger partial charge is 0.385 e. The molecule has 3 N–H and O–H groups in total. The number of fused-ring (bicyclic) bond motifs is 3. The first kappa shape index (κ1) is 42.7. The van der Waals surface area contributed by atoms with Gasteiger partial charge in [-0.3, -0.25) is 38.6 Å². The van der Waals surface area contributed by atoms with Crippen molar-refractivity contribution < 1.29 is 23.2 Å². The molecule has 5 fully saturated rings. The molecule has 348 valence electrons. The maximum absolute atomic E-state index is 16.2. The van der Waals surface area contributed by atoms with E-state index >= 15 is 8.78 Å². The van der Waals surface area contributed by atoms with E-state index in [1.54, 1.807) is 17.8 Å². The smallest absolute Gasteiger partial charge is 0.329 e. The normalized spacial score (nSPS) is 25.1. The molecule has 66 heavy (non-hydrogen) atoms. The number of nitrogens with zero attached hydrogens (tertiary/aromatic N) is 9. The van der Waals surface area contributed by atoms with Gasteiger partial charge in [0.25, 0.3) is 11.8 Å². The summed E-state index contributed by atoms with van der Waals surface area (Å²) in [4.78, 5) is 63.8. The minimum atomic E-state index is -2.82. The van der Waals surface area contributed by atoms with Crippen LogP contribution in [0.25, 0.3) is 16.7 Å². The molecule has 0 bridgehead atoms. The van der Waals surface area contributed by atoms with Crippen molar-refractivity contribution in [1.29, 1.82) is 0 Å². The van der Waals surface area contributed by atoms with Crippen LogP contribution in [0.15, 0.2) is 53.5 Å². The van der Waals surface area contributed by atoms with Gasteiger partial charge in [-0.25, -0.2) is 23.1 Å². The molecule has 7 heterocycles. The highest BCUT2D eigenvalue weighted by Gasteiger charge is 2.49. The number of rotatable bonds is 10. The van der Waals surface area contributed by atoms with E-state index in [0.29, 0.717) is 67.4 Å². The molecule has 5 aromatic rings. The van der Waals surface area contributed by atoms with Crippen LogP contribution in [-0.2, 0) is 29.5 Å². The highest BCUT2D eigenvalue weighted by atomic mass is 19.3. The van der Waals surface area contributed by atoms with Crippen LogP contribution in [0.2, 0.25) is 0 Å². The lowest BCUT2D eigenvalue weighted by Crippen LogP contribution is -2.63. The average Bonchev–Trinajstić information content (AvgIpc) is 3.74. The van der Waals surface area contributed by atoms with Gasteiger partial charge in [0.05, 0.1) is 35.5 Å². The number of nitrogens with one attached hydrogen (secondary N) is 3. The van der Waals surface area contributed by atoms with Gasteiger partial charge < -0.3 is 20.4 Å². The number of imidazole rings is 2. The summed E-state index contributed by atoms with van der Waals surface area (Å²) in [6.07, 6.45) is 10.2. The van der Waals surface area contributed by atoms with Crippen LogP contribution in [0.5, 0.6) is 0 Å². The van der Waals surface area contributed by atoms with Crippen LogP contribution in [0.1, 0.15) is 85.4 Å². The first-order chi connectivity index (χ1) is 31.9. The standard InChI is InChI=1S/C48H58F2N12O4/c1-51-35-26-42(55-62-40(27-52-44(35)62)46(65)53-31-8-9-31)60-19-16-34-30(4-3-5-36(34)60)24-29-6-10-32(11-7-29)59-18-17-41(48(49,50)28-59)58-22-20-57(21-23-58)33-12-13-37-39(25-33)56(2)47(66)61(37)38-14-15-43(63)54-45(38)64/h3-5,12-13,25-27,29,31-32,38,41,51H,6-11,14-24,28H2,1-2H3,(H,53,65)(H,54,63,64). The van der Waals surface area contributed by atoms with Crippen molar-refractivity contribution >= 4 is 57.3 Å². The third kappa shape index (κ3) is 7.68. The lowest BCUT2D eigenvalue weighted by molar-refractivity contribution is -0.138. The van der Waals surface area contributed by atoms with E-state index in [4.69, 9.17) is 5.10 Å². The zero-order chi connectivity index (χ0) is 45.4. The highest BCUT2D eigenvalue weighted by molar-refractivity contribution is 6.00. The first-order valence-corrected chi connectivity index (χ1v) is 23.9. The summed E-state index contributed by atoms with van der Waals surface area (Å²) >= 11 is 0. The Labute approximate surface area is 381 Å². The molecule has 2 unspecified atom stereocenters. The third-order valence-electron chi connectivity index (χ3n) is 15.4. The Kier molecular flexibility index (Phi) is 10.9. The van der Waals surface area contributed by atoms with Gasteiger partial charge >= 0.3 is 5.69 Å². The molecule has 0 spiro atoms. The summed E-state index contributed by atoms with van der Waals surface area (Å²) in [6, 6.07) is 13.1. The number of aryl methyl sites for hydroxylation is 1. The van der Waals surface area contributed by atoms with Crippen LogP contribution in [0, 0.1) is 5.92 Å². The maximum atomic E-state index is 16.2. The number of carbonyl (C=O) groups is 3. The summed E-state index contributed by atoms with van der Waals surface area (Å²) in [7, 11) is 3.53. The molecule has 4 aliphatic heterocycles. The number of halogens is 2. The molecule has 2 aliphatic carbocycles. The Hall–Kier alpha value is -5.88. The molecule has 2 atom stereocenters. The van der Waals surface area contributed by atoms with Gasteiger partial charge in [-0.1, -0.05) is 12.1 Å². The zero-order valence-corrected chi connectivity index (χ0v) is 37.6. The third-order valence-corrected chi connectivity index (χ3v) is 15.4. The number of hydrogen-bond acceptors (Lipinski definition) is 11. The monoisotopic (exact) mass is 904 g/mol. The fraction of sp³-hybridized carbons (Fsp3) is 0.542. The van der Waals surface area contributed by atoms with E-state index < -0.39 is 23.9 Å². The Bertz CT molecular complexity index is 2780. The number of carbonyl (C=O) groups excluding carboxylic acids is 3. The van der Waals surface area contributed by atoms with Gasteiger partial charge in [-0.15, -0.1) is 5.10 Å². The van der Waals surface area contributed by atoms with Gasteiger partial charge in [0.2, 0.25) is 11.8 Å². The molecule has 18 heteroatoms. The molecule has 3 aromatic heterocycles. The number of amides is 3. The van der Waals surface area contributed by atoms with Crippen molar-refractivity contribution in [3.63, 3.8) is 0 Å². The predicted octanol–water partition coefficient (Wildman–Crippen LogP) is 4.62. The van der Waals surface area contributed by atoms with Crippen molar-refractivity contribution in [2.75, 3.05) is 68.0 Å². The number of alkyl halides is 2. The quantitative estimate of drug-likeness (QED) is 0.168. The second kappa shape index (κ2) is 16.8. The minimum absolute atomic E-state index is 0.160. The Morgan fingerprint density at radius 2 is 1.68 bits per heavy atom. The predicted molar refractivity (Wildman–Crippen MR) is 247 cm³/mol. The molecule has 0 radical (unpaired) electrons. The lowest BCUT2D eigenvalue weighted by atomic mass is 9.80. The van der Waals surface area contributed by atoms with E-state index in [1.165, 1.54) is 20.3 Å². The molecule has 3 amide bonds. The Morgan fingerprint density at radius 3 is 2.42 bits per heavy atom. The second-order valence-electron chi connectivity index (χ2n) is 19.4. The van der Waals surface area contributed by atoms with Crippen LogP contribution in [0.4, 0.5) is 31.7 Å². The molecule has 11 rings (SSSR count). The fourth-order valence-corrected chi connectivity index (χ4v) is 11.7. The molecule has 6 aliphatic rings. The van der Waals surface area contributed by atoms with E-state index in [-0.39, 0.29) is 49.0 Å². The van der Waals surface area contributed by atoms with Crippen LogP contribution in [0.3, 0.4) is 0 Å². The highest BCUT2D eigenvalue weighted by Crippen LogP contribution is 2.41. The lowest BCUT2D eigenvalue weighted by Gasteiger charge is -2.49. The summed E-state index contributed by atoms with van der Waals surface area (Å²) in [5.74, 6) is -2.53. The molecule has 2 saturated carbocycles. The Morgan fingerprint density at radius 1 is 0.879 bits per heavy atom. The molecular formula is C48H58F2N12O4. The molecular weight excluding hydrogens is 847 g/mol. The summed E-state index contributed by atoms with van der Waals surface area (Å²) < 4.78 is 37.0.